The summed E-state index contributed by atoms with van der Waals surface area (Å²) in [6, 6.07) is 9.32. The van der Waals surface area contributed by atoms with E-state index >= 15 is 0 Å². The first kappa shape index (κ1) is 16.4. The molecule has 0 radical (unpaired) electrons. The van der Waals surface area contributed by atoms with Gasteiger partial charge in [-0.15, -0.1) is 5.10 Å². The van der Waals surface area contributed by atoms with E-state index in [0.717, 1.165) is 18.4 Å². The maximum atomic E-state index is 12.1. The quantitative estimate of drug-likeness (QED) is 0.626. The molecule has 0 fully saturated rings. The minimum Gasteiger partial charge on any atom is -0.468 e. The van der Waals surface area contributed by atoms with Crippen LogP contribution in [0.3, 0.4) is 0 Å². The molecular formula is C15H19N3O3S. The number of unbranched alkanes of at least 4 members (excludes halogenated alkanes) is 1. The second-order valence-electron chi connectivity index (χ2n) is 4.75. The second kappa shape index (κ2) is 7.84. The van der Waals surface area contributed by atoms with Crippen molar-refractivity contribution in [1.29, 1.82) is 0 Å². The molecule has 0 bridgehead atoms. The third-order valence-electron chi connectivity index (χ3n) is 3.20. The lowest BCUT2D eigenvalue weighted by atomic mass is 10.1. The van der Waals surface area contributed by atoms with Gasteiger partial charge in [0.15, 0.2) is 5.16 Å². The zero-order valence-corrected chi connectivity index (χ0v) is 13.4. The highest BCUT2D eigenvalue weighted by atomic mass is 32.2. The minimum atomic E-state index is -0.554. The Hall–Kier alpha value is -2.02. The molecule has 0 aliphatic rings. The minimum absolute atomic E-state index is 0.257. The van der Waals surface area contributed by atoms with Crippen molar-refractivity contribution in [3.8, 4) is 0 Å². The summed E-state index contributed by atoms with van der Waals surface area (Å²) in [4.78, 5) is 23.9. The fourth-order valence-electron chi connectivity index (χ4n) is 2.00. The zero-order valence-electron chi connectivity index (χ0n) is 12.6. The van der Waals surface area contributed by atoms with Crippen molar-refractivity contribution in [1.82, 2.24) is 14.8 Å². The molecule has 1 heterocycles. The van der Waals surface area contributed by atoms with Crippen molar-refractivity contribution >= 4 is 17.7 Å². The molecular weight excluding hydrogens is 302 g/mol. The maximum Gasteiger partial charge on any atom is 0.343 e. The highest BCUT2D eigenvalue weighted by Crippen LogP contribution is 2.34. The van der Waals surface area contributed by atoms with E-state index in [4.69, 9.17) is 4.74 Å². The molecule has 1 unspecified atom stereocenters. The third kappa shape index (κ3) is 3.79. The number of thioether (sulfide) groups is 1. The topological polar surface area (TPSA) is 77.0 Å². The maximum absolute atomic E-state index is 12.1. The smallest absolute Gasteiger partial charge is 0.343 e. The number of esters is 1. The first-order chi connectivity index (χ1) is 10.7. The zero-order chi connectivity index (χ0) is 15.9. The van der Waals surface area contributed by atoms with Crippen molar-refractivity contribution in [2.75, 3.05) is 7.11 Å². The van der Waals surface area contributed by atoms with E-state index in [-0.39, 0.29) is 11.7 Å². The van der Waals surface area contributed by atoms with Crippen molar-refractivity contribution in [2.24, 2.45) is 0 Å². The van der Waals surface area contributed by atoms with Gasteiger partial charge in [0.1, 0.15) is 5.25 Å². The van der Waals surface area contributed by atoms with Crippen LogP contribution in [0.15, 0.2) is 40.3 Å². The lowest BCUT2D eigenvalue weighted by molar-refractivity contribution is -0.140. The number of ether oxygens (including phenoxy) is 1. The Bertz CT molecular complexity index is 666. The lowest BCUT2D eigenvalue weighted by Crippen LogP contribution is -2.18. The molecule has 0 amide bonds. The molecule has 1 N–H and O–H groups in total. The highest BCUT2D eigenvalue weighted by molar-refractivity contribution is 8.00. The van der Waals surface area contributed by atoms with Crippen molar-refractivity contribution in [2.45, 2.75) is 36.7 Å². The summed E-state index contributed by atoms with van der Waals surface area (Å²) in [6.07, 6.45) is 1.85. The van der Waals surface area contributed by atoms with E-state index in [9.17, 15) is 9.59 Å². The molecule has 2 aromatic rings. The number of benzene rings is 1. The molecule has 22 heavy (non-hydrogen) atoms. The van der Waals surface area contributed by atoms with Crippen LogP contribution in [0, 0.1) is 0 Å². The summed E-state index contributed by atoms with van der Waals surface area (Å²) in [6.45, 7) is 2.63. The van der Waals surface area contributed by atoms with Crippen molar-refractivity contribution in [3.05, 3.63) is 46.4 Å². The molecule has 0 spiro atoms. The summed E-state index contributed by atoms with van der Waals surface area (Å²) < 4.78 is 6.44. The summed E-state index contributed by atoms with van der Waals surface area (Å²) in [5.41, 5.74) is 0.560. The Morgan fingerprint density at radius 1 is 1.41 bits per heavy atom. The molecule has 6 nitrogen and oxygen atoms in total. The predicted molar refractivity (Wildman–Crippen MR) is 84.8 cm³/mol. The van der Waals surface area contributed by atoms with Crippen molar-refractivity contribution in [3.63, 3.8) is 0 Å². The number of nitrogens with zero attached hydrogens (tertiary/aromatic N) is 2. The van der Waals surface area contributed by atoms with Crippen LogP contribution in [-0.2, 0) is 16.1 Å². The Balaban J connectivity index is 2.28. The normalized spacial score (nSPS) is 12.1. The molecule has 7 heteroatoms. The fraction of sp³-hybridized carbons (Fsp3) is 0.400. The number of carbonyl (C=O) groups excluding carboxylic acids is 1. The summed E-state index contributed by atoms with van der Waals surface area (Å²) in [5.74, 6) is -0.367. The van der Waals surface area contributed by atoms with Gasteiger partial charge >= 0.3 is 11.7 Å². The fourth-order valence-corrected chi connectivity index (χ4v) is 3.10. The molecule has 0 saturated heterocycles. The molecule has 1 aromatic heterocycles. The van der Waals surface area contributed by atoms with Crippen LogP contribution < -0.4 is 5.69 Å². The van der Waals surface area contributed by atoms with Gasteiger partial charge in [-0.1, -0.05) is 55.4 Å². The number of hydrogen-bond acceptors (Lipinski definition) is 5. The first-order valence-corrected chi connectivity index (χ1v) is 8.00. The van der Waals surface area contributed by atoms with Gasteiger partial charge in [-0.25, -0.2) is 9.89 Å². The number of aromatic amines is 1. The van der Waals surface area contributed by atoms with Crippen LogP contribution in [0.2, 0.25) is 0 Å². The van der Waals surface area contributed by atoms with Crippen LogP contribution in [0.4, 0.5) is 0 Å². The molecule has 0 saturated carbocycles. The van der Waals surface area contributed by atoms with Gasteiger partial charge in [0.05, 0.1) is 7.11 Å². The second-order valence-corrected chi connectivity index (χ2v) is 5.82. The monoisotopic (exact) mass is 321 g/mol. The van der Waals surface area contributed by atoms with E-state index in [1.54, 1.807) is 4.57 Å². The molecule has 2 rings (SSSR count). The van der Waals surface area contributed by atoms with Crippen LogP contribution in [0.25, 0.3) is 0 Å². The van der Waals surface area contributed by atoms with E-state index in [2.05, 4.69) is 17.1 Å². The molecule has 0 aliphatic heterocycles. The number of nitrogens with one attached hydrogen (secondary N) is 1. The van der Waals surface area contributed by atoms with Gasteiger partial charge in [0.25, 0.3) is 0 Å². The summed E-state index contributed by atoms with van der Waals surface area (Å²) >= 11 is 1.22. The Kier molecular flexibility index (Phi) is 5.83. The SMILES string of the molecule is CCCCn1c(SC(C(=O)OC)c2ccccc2)n[nH]c1=O. The molecule has 0 aliphatic carbocycles. The predicted octanol–water partition coefficient (Wildman–Crippen LogP) is 2.38. The van der Waals surface area contributed by atoms with E-state index < -0.39 is 5.25 Å². The van der Waals surface area contributed by atoms with Gasteiger partial charge in [-0.05, 0) is 12.0 Å². The number of H-pyrrole nitrogens is 1. The number of carbonyl (C=O) groups is 1. The number of hydrogen-bond donors (Lipinski definition) is 1. The standard InChI is InChI=1S/C15H19N3O3S/c1-3-4-10-18-14(20)16-17-15(18)22-12(13(19)21-2)11-8-6-5-7-9-11/h5-9,12H,3-4,10H2,1-2H3,(H,16,20). The van der Waals surface area contributed by atoms with Crippen LogP contribution in [0.1, 0.15) is 30.6 Å². The summed E-state index contributed by atoms with van der Waals surface area (Å²) in [7, 11) is 1.35. The molecule has 1 atom stereocenters. The van der Waals surface area contributed by atoms with Crippen LogP contribution in [-0.4, -0.2) is 27.8 Å². The summed E-state index contributed by atoms with van der Waals surface area (Å²) in [5, 5.41) is 6.42. The van der Waals surface area contributed by atoms with Crippen LogP contribution in [0.5, 0.6) is 0 Å². The molecule has 118 valence electrons. The first-order valence-electron chi connectivity index (χ1n) is 7.12. The van der Waals surface area contributed by atoms with Gasteiger partial charge in [0, 0.05) is 6.54 Å². The number of methoxy groups -OCH3 is 1. The Morgan fingerprint density at radius 2 is 2.14 bits per heavy atom. The Morgan fingerprint density at radius 3 is 2.77 bits per heavy atom. The van der Waals surface area contributed by atoms with E-state index in [1.807, 2.05) is 30.3 Å². The van der Waals surface area contributed by atoms with E-state index in [1.165, 1.54) is 18.9 Å². The average Bonchev–Trinajstić information content (AvgIpc) is 2.90. The van der Waals surface area contributed by atoms with Crippen LogP contribution >= 0.6 is 11.8 Å². The Labute approximate surface area is 132 Å². The molecule has 1 aromatic carbocycles. The van der Waals surface area contributed by atoms with E-state index in [0.29, 0.717) is 11.7 Å². The van der Waals surface area contributed by atoms with Gasteiger partial charge < -0.3 is 4.74 Å². The van der Waals surface area contributed by atoms with Crippen molar-refractivity contribution < 1.29 is 9.53 Å². The highest BCUT2D eigenvalue weighted by Gasteiger charge is 2.25. The average molecular weight is 321 g/mol. The van der Waals surface area contributed by atoms with Gasteiger partial charge in [-0.3, -0.25) is 9.36 Å². The largest absolute Gasteiger partial charge is 0.468 e. The van der Waals surface area contributed by atoms with Gasteiger partial charge in [0.2, 0.25) is 0 Å². The number of aromatic nitrogens is 3. The van der Waals surface area contributed by atoms with Gasteiger partial charge in [-0.2, -0.15) is 0 Å². The number of rotatable bonds is 7. The third-order valence-corrected chi connectivity index (χ3v) is 4.42. The lowest BCUT2D eigenvalue weighted by Gasteiger charge is -2.14.